The van der Waals surface area contributed by atoms with Gasteiger partial charge in [-0.3, -0.25) is 14.9 Å². The molecule has 1 unspecified atom stereocenters. The number of aryl methyl sites for hydroxylation is 2. The average molecular weight is 489 g/mol. The summed E-state index contributed by atoms with van der Waals surface area (Å²) in [6.45, 7) is 1.10. The lowest BCUT2D eigenvalue weighted by Gasteiger charge is -2.25. The fraction of sp³-hybridized carbons (Fsp3) is 0.286. The van der Waals surface area contributed by atoms with E-state index >= 15 is 0 Å². The van der Waals surface area contributed by atoms with Gasteiger partial charge < -0.3 is 13.9 Å². The molecule has 0 bridgehead atoms. The molecule has 6 nitrogen and oxygen atoms in total. The van der Waals surface area contributed by atoms with Gasteiger partial charge in [-0.2, -0.15) is 0 Å². The fourth-order valence-electron chi connectivity index (χ4n) is 5.84. The third-order valence-corrected chi connectivity index (χ3v) is 7.27. The van der Waals surface area contributed by atoms with Gasteiger partial charge in [-0.25, -0.2) is 0 Å². The smallest absolute Gasteiger partial charge is 0.259 e. The van der Waals surface area contributed by atoms with Crippen LogP contribution in [0.5, 0.6) is 0 Å². The molecule has 1 aliphatic carbocycles. The Morgan fingerprint density at radius 1 is 1.03 bits per heavy atom. The lowest BCUT2D eigenvalue weighted by Crippen LogP contribution is -2.26. The number of pyridine rings is 1. The highest BCUT2D eigenvalue weighted by atomic mass is 35.5. The molecule has 2 aliphatic rings. The van der Waals surface area contributed by atoms with Gasteiger partial charge in [-0.05, 0) is 63.0 Å². The molecule has 3 aromatic heterocycles. The van der Waals surface area contributed by atoms with Crippen molar-refractivity contribution in [3.05, 3.63) is 77.2 Å². The summed E-state index contributed by atoms with van der Waals surface area (Å²) < 4.78 is 4.22. The molecule has 0 saturated heterocycles. The molecule has 6 rings (SSSR count). The zero-order chi connectivity index (χ0) is 23.6. The van der Waals surface area contributed by atoms with E-state index in [1.54, 1.807) is 0 Å². The van der Waals surface area contributed by atoms with E-state index in [2.05, 4.69) is 40.8 Å². The Morgan fingerprint density at radius 2 is 1.80 bits per heavy atom. The van der Waals surface area contributed by atoms with Crippen molar-refractivity contribution in [2.45, 2.75) is 19.3 Å². The first-order chi connectivity index (χ1) is 16.4. The molecule has 1 aliphatic heterocycles. The minimum Gasteiger partial charge on any atom is -0.350 e. The van der Waals surface area contributed by atoms with Gasteiger partial charge in [0.15, 0.2) is 0 Å². The van der Waals surface area contributed by atoms with Crippen molar-refractivity contribution in [3.8, 4) is 0 Å². The summed E-state index contributed by atoms with van der Waals surface area (Å²) in [7, 11) is 6.23. The number of halogens is 1. The first kappa shape index (κ1) is 23.4. The van der Waals surface area contributed by atoms with Crippen LogP contribution < -0.4 is 5.32 Å². The largest absolute Gasteiger partial charge is 0.350 e. The number of benzene rings is 1. The molecule has 35 heavy (non-hydrogen) atoms. The third-order valence-electron chi connectivity index (χ3n) is 7.27. The third kappa shape index (κ3) is 3.77. The number of hydrogen-bond donors (Lipinski definition) is 1. The van der Waals surface area contributed by atoms with Crippen LogP contribution in [0.1, 0.15) is 28.8 Å². The summed E-state index contributed by atoms with van der Waals surface area (Å²) in [6, 6.07) is 14.3. The predicted octanol–water partition coefficient (Wildman–Crippen LogP) is 4.09. The van der Waals surface area contributed by atoms with Gasteiger partial charge in [0.2, 0.25) is 0 Å². The van der Waals surface area contributed by atoms with E-state index in [1.165, 1.54) is 11.3 Å². The Bertz CT molecular complexity index is 1520. The van der Waals surface area contributed by atoms with E-state index in [0.717, 1.165) is 53.4 Å². The minimum absolute atomic E-state index is 0. The number of amides is 2. The Morgan fingerprint density at radius 3 is 2.60 bits per heavy atom. The molecule has 7 heteroatoms. The van der Waals surface area contributed by atoms with Crippen LogP contribution in [0.2, 0.25) is 0 Å². The number of carbonyl (C=O) groups is 2. The zero-order valence-electron chi connectivity index (χ0n) is 20.2. The molecule has 1 aromatic carbocycles. The highest BCUT2D eigenvalue weighted by molar-refractivity contribution is 6.50. The topological polar surface area (TPSA) is 58.8 Å². The average Bonchev–Trinajstić information content (AvgIpc) is 3.43. The van der Waals surface area contributed by atoms with Crippen LogP contribution in [0.4, 0.5) is 0 Å². The second-order valence-corrected chi connectivity index (χ2v) is 9.90. The van der Waals surface area contributed by atoms with Crippen LogP contribution in [-0.2, 0) is 29.5 Å². The van der Waals surface area contributed by atoms with Crippen LogP contribution in [0.15, 0.2) is 54.9 Å². The van der Waals surface area contributed by atoms with Crippen molar-refractivity contribution in [1.29, 1.82) is 0 Å². The minimum atomic E-state index is -0.336. The second-order valence-electron chi connectivity index (χ2n) is 9.90. The van der Waals surface area contributed by atoms with Gasteiger partial charge in [0.05, 0.1) is 11.1 Å². The van der Waals surface area contributed by atoms with Crippen LogP contribution in [0.25, 0.3) is 27.6 Å². The van der Waals surface area contributed by atoms with Crippen LogP contribution in [0, 0.1) is 5.92 Å². The first-order valence-electron chi connectivity index (χ1n) is 11.8. The zero-order valence-corrected chi connectivity index (χ0v) is 21.0. The van der Waals surface area contributed by atoms with Crippen molar-refractivity contribution in [2.24, 2.45) is 13.0 Å². The fourth-order valence-corrected chi connectivity index (χ4v) is 5.84. The summed E-state index contributed by atoms with van der Waals surface area (Å²) in [4.78, 5) is 28.3. The van der Waals surface area contributed by atoms with E-state index in [1.807, 2.05) is 54.3 Å². The Balaban J connectivity index is 0.00000253. The van der Waals surface area contributed by atoms with E-state index in [0.29, 0.717) is 17.1 Å². The number of aromatic nitrogens is 2. The molecule has 0 saturated carbocycles. The van der Waals surface area contributed by atoms with Gasteiger partial charge in [0.1, 0.15) is 0 Å². The summed E-state index contributed by atoms with van der Waals surface area (Å²) >= 11 is 0. The lowest BCUT2D eigenvalue weighted by molar-refractivity contribution is -0.122. The van der Waals surface area contributed by atoms with Crippen molar-refractivity contribution in [3.63, 3.8) is 0 Å². The van der Waals surface area contributed by atoms with Crippen molar-refractivity contribution in [2.75, 3.05) is 20.6 Å². The maximum Gasteiger partial charge on any atom is 0.259 e. The van der Waals surface area contributed by atoms with E-state index in [9.17, 15) is 9.59 Å². The number of rotatable bonds is 4. The summed E-state index contributed by atoms with van der Waals surface area (Å²) in [5.74, 6) is -0.00449. The predicted molar refractivity (Wildman–Crippen MR) is 142 cm³/mol. The number of nitrogens with zero attached hydrogens (tertiary/aromatic N) is 3. The number of para-hydroxylation sites is 1. The molecule has 0 radical (unpaired) electrons. The van der Waals surface area contributed by atoms with Crippen molar-refractivity contribution < 1.29 is 9.59 Å². The molecule has 0 fully saturated rings. The number of fused-ring (bicyclic) bond motifs is 4. The molecule has 2 amide bonds. The molecular formula is C28H29ClN4O2. The second kappa shape index (κ2) is 8.70. The van der Waals surface area contributed by atoms with Crippen molar-refractivity contribution in [1.82, 2.24) is 19.2 Å². The number of hydrogen-bond acceptors (Lipinski definition) is 3. The SMILES string of the molecule is CN(C)CC1CCc2c(cc3ccc(C4=C(c5cn(C)c6ccccc56)C(=O)NC4=O)cn23)C1.Cl. The number of imide groups is 1. The molecular weight excluding hydrogens is 460 g/mol. The van der Waals surface area contributed by atoms with E-state index < -0.39 is 0 Å². The summed E-state index contributed by atoms with van der Waals surface area (Å²) in [5.41, 5.74) is 7.34. The molecule has 4 heterocycles. The normalized spacial score (nSPS) is 17.9. The lowest BCUT2D eigenvalue weighted by atomic mass is 9.87. The van der Waals surface area contributed by atoms with E-state index in [-0.39, 0.29) is 24.2 Å². The first-order valence-corrected chi connectivity index (χ1v) is 11.8. The summed E-state index contributed by atoms with van der Waals surface area (Å²) in [6.07, 6.45) is 7.24. The maximum atomic E-state index is 13.0. The monoisotopic (exact) mass is 488 g/mol. The molecule has 180 valence electrons. The van der Waals surface area contributed by atoms with Crippen LogP contribution in [-0.4, -0.2) is 46.3 Å². The van der Waals surface area contributed by atoms with E-state index in [4.69, 9.17) is 0 Å². The Labute approximate surface area is 210 Å². The van der Waals surface area contributed by atoms with Gasteiger partial charge in [0.25, 0.3) is 11.8 Å². The van der Waals surface area contributed by atoms with Crippen LogP contribution in [0.3, 0.4) is 0 Å². The Hall–Kier alpha value is -3.35. The number of carbonyl (C=O) groups excluding carboxylic acids is 2. The van der Waals surface area contributed by atoms with Crippen LogP contribution >= 0.6 is 12.4 Å². The quantitative estimate of drug-likeness (QED) is 0.440. The highest BCUT2D eigenvalue weighted by Crippen LogP contribution is 2.37. The standard InChI is InChI=1S/C28H28N4O2.ClH/c1-30(2)14-17-8-11-23-19(12-17)13-20-10-9-18(15-32(20)23)25-26(28(34)29-27(25)33)22-16-31(3)24-7-5-4-6-21(22)24;/h4-7,9-10,13,15-17H,8,11-12,14H2,1-3H3,(H,29,33,34);1H. The molecule has 1 atom stereocenters. The van der Waals surface area contributed by atoms with Gasteiger partial charge >= 0.3 is 0 Å². The molecule has 0 spiro atoms. The number of nitrogens with one attached hydrogen (secondary N) is 1. The molecule has 4 aromatic rings. The van der Waals surface area contributed by atoms with Gasteiger partial charge in [-0.15, -0.1) is 12.4 Å². The Kier molecular flexibility index (Phi) is 5.82. The van der Waals surface area contributed by atoms with Gasteiger partial charge in [-0.1, -0.05) is 24.3 Å². The molecule has 1 N–H and O–H groups in total. The maximum absolute atomic E-state index is 13.0. The van der Waals surface area contributed by atoms with Gasteiger partial charge in [0, 0.05) is 59.2 Å². The summed E-state index contributed by atoms with van der Waals surface area (Å²) in [5, 5.41) is 3.51. The highest BCUT2D eigenvalue weighted by Gasteiger charge is 2.34. The van der Waals surface area contributed by atoms with Crippen molar-refractivity contribution >= 4 is 51.8 Å².